The van der Waals surface area contributed by atoms with E-state index in [2.05, 4.69) is 20.8 Å². The van der Waals surface area contributed by atoms with Gasteiger partial charge in [-0.25, -0.2) is 4.79 Å². The minimum Gasteiger partial charge on any atom is -0.419 e. The Morgan fingerprint density at radius 2 is 1.48 bits per heavy atom. The van der Waals surface area contributed by atoms with Crippen LogP contribution in [0, 0.1) is 18.7 Å². The smallest absolute Gasteiger partial charge is 0.372 e. The van der Waals surface area contributed by atoms with Crippen molar-refractivity contribution in [3.8, 4) is 0 Å². The maximum absolute atomic E-state index is 13.7. The second-order valence-corrected chi connectivity index (χ2v) is 9.65. The Balaban J connectivity index is 0.00000129. The van der Waals surface area contributed by atoms with Crippen molar-refractivity contribution in [3.05, 3.63) is 40.0 Å². The Bertz CT molecular complexity index is 802. The zero-order chi connectivity index (χ0) is 25.1. The summed E-state index contributed by atoms with van der Waals surface area (Å²) in [4.78, 5) is 12.5. The summed E-state index contributed by atoms with van der Waals surface area (Å²) in [5.74, 6) is 1.06. The fourth-order valence-electron chi connectivity index (χ4n) is 3.07. The number of aliphatic hydroxyl groups excluding tert-OH is 1. The molecule has 0 aliphatic rings. The average molecular weight is 483 g/mol. The van der Waals surface area contributed by atoms with Crippen molar-refractivity contribution in [1.82, 2.24) is 0 Å². The van der Waals surface area contributed by atoms with Crippen LogP contribution in [-0.4, -0.2) is 17.5 Å². The van der Waals surface area contributed by atoms with Crippen LogP contribution in [0.3, 0.4) is 0 Å². The molecule has 1 heterocycles. The summed E-state index contributed by atoms with van der Waals surface area (Å²) in [6.45, 7) is 12.6. The van der Waals surface area contributed by atoms with Crippen molar-refractivity contribution < 1.29 is 13.9 Å². The molecule has 0 atom stereocenters. The monoisotopic (exact) mass is 482 g/mol. The molecule has 0 bridgehead atoms. The zero-order valence-electron chi connectivity index (χ0n) is 21.8. The molecular formula is C28H47FO3S. The molecule has 0 saturated carbocycles. The molecule has 0 fully saturated rings. The molecule has 1 aromatic heterocycles. The first kappa shape index (κ1) is 31.7. The van der Waals surface area contributed by atoms with E-state index in [0.717, 1.165) is 35.8 Å². The Kier molecular flexibility index (Phi) is 19.3. The molecule has 0 spiro atoms. The maximum Gasteiger partial charge on any atom is 0.372 e. The third kappa shape index (κ3) is 13.2. The van der Waals surface area contributed by atoms with Crippen molar-refractivity contribution in [3.63, 3.8) is 0 Å². The Morgan fingerprint density at radius 3 is 2.00 bits per heavy atom. The van der Waals surface area contributed by atoms with Gasteiger partial charge in [0.2, 0.25) is 5.82 Å². The number of fused-ring (bicyclic) bond motifs is 1. The third-order valence-electron chi connectivity index (χ3n) is 5.46. The van der Waals surface area contributed by atoms with Gasteiger partial charge in [0.15, 0.2) is 5.58 Å². The molecule has 1 N–H and O–H groups in total. The molecule has 1 aromatic carbocycles. The van der Waals surface area contributed by atoms with Crippen LogP contribution in [0.5, 0.6) is 0 Å². The number of unbranched alkanes of at least 4 members (excludes halogenated alkanes) is 8. The number of aryl methyl sites for hydroxylation is 1. The standard InChI is InChI=1S/C21H29FO3S.C5H12.C2H6/c1-16-17-12-11-13-18(20(17)25-21(24)19(16)22)26-15-10-8-6-4-2-3-5-7-9-14-23;1-4-5(2)3;1-2/h11-13,23H,2-10,14-15H2,1H3;5H,4H2,1-3H3;1-2H3. The molecule has 190 valence electrons. The highest BCUT2D eigenvalue weighted by molar-refractivity contribution is 7.99. The van der Waals surface area contributed by atoms with Crippen LogP contribution >= 0.6 is 11.8 Å². The molecule has 0 saturated heterocycles. The van der Waals surface area contributed by atoms with Crippen LogP contribution in [0.25, 0.3) is 11.0 Å². The number of benzene rings is 1. The van der Waals surface area contributed by atoms with Crippen LogP contribution in [0.1, 0.15) is 104 Å². The van der Waals surface area contributed by atoms with Crippen LogP contribution < -0.4 is 5.63 Å². The molecule has 0 radical (unpaired) electrons. The van der Waals surface area contributed by atoms with Crippen molar-refractivity contribution in [2.45, 2.75) is 111 Å². The van der Waals surface area contributed by atoms with E-state index in [1.165, 1.54) is 44.9 Å². The van der Waals surface area contributed by atoms with E-state index in [1.807, 2.05) is 26.0 Å². The summed E-state index contributed by atoms with van der Waals surface area (Å²) in [6, 6.07) is 5.61. The van der Waals surface area contributed by atoms with Gasteiger partial charge >= 0.3 is 5.63 Å². The minimum atomic E-state index is -0.887. The Hall–Kier alpha value is -1.33. The number of thioether (sulfide) groups is 1. The summed E-state index contributed by atoms with van der Waals surface area (Å²) < 4.78 is 18.9. The second-order valence-electron chi connectivity index (χ2n) is 8.52. The molecular weight excluding hydrogens is 435 g/mol. The molecule has 3 nitrogen and oxygen atoms in total. The lowest BCUT2D eigenvalue weighted by molar-refractivity contribution is 0.282. The first-order valence-electron chi connectivity index (χ1n) is 12.9. The molecule has 0 unspecified atom stereocenters. The predicted octanol–water partition coefficient (Wildman–Crippen LogP) is 8.91. The van der Waals surface area contributed by atoms with Gasteiger partial charge in [-0.1, -0.05) is 98.1 Å². The van der Waals surface area contributed by atoms with Gasteiger partial charge in [0.1, 0.15) is 0 Å². The number of hydrogen-bond acceptors (Lipinski definition) is 4. The lowest BCUT2D eigenvalue weighted by Crippen LogP contribution is -2.07. The fraction of sp³-hybridized carbons (Fsp3) is 0.679. The Morgan fingerprint density at radius 1 is 0.970 bits per heavy atom. The largest absolute Gasteiger partial charge is 0.419 e. The van der Waals surface area contributed by atoms with Gasteiger partial charge in [-0.3, -0.25) is 0 Å². The molecule has 2 aromatic rings. The summed E-state index contributed by atoms with van der Waals surface area (Å²) in [5.41, 5.74) is -0.0241. The third-order valence-corrected chi connectivity index (χ3v) is 6.59. The quantitative estimate of drug-likeness (QED) is 0.176. The van der Waals surface area contributed by atoms with Gasteiger partial charge < -0.3 is 9.52 Å². The van der Waals surface area contributed by atoms with Gasteiger partial charge in [0.25, 0.3) is 0 Å². The number of halogens is 1. The highest BCUT2D eigenvalue weighted by Crippen LogP contribution is 2.30. The fourth-order valence-corrected chi connectivity index (χ4v) is 4.10. The van der Waals surface area contributed by atoms with Crippen molar-refractivity contribution in [2.24, 2.45) is 5.92 Å². The van der Waals surface area contributed by atoms with E-state index < -0.39 is 11.4 Å². The van der Waals surface area contributed by atoms with Crippen molar-refractivity contribution in [1.29, 1.82) is 0 Å². The lowest BCUT2D eigenvalue weighted by Gasteiger charge is -2.07. The minimum absolute atomic E-state index is 0.312. The van der Waals surface area contributed by atoms with Crippen LogP contribution in [0.4, 0.5) is 4.39 Å². The first-order chi connectivity index (χ1) is 15.9. The zero-order valence-corrected chi connectivity index (χ0v) is 22.7. The summed E-state index contributed by atoms with van der Waals surface area (Å²) in [7, 11) is 0. The highest BCUT2D eigenvalue weighted by Gasteiger charge is 2.13. The normalized spacial score (nSPS) is 10.6. The molecule has 0 aliphatic carbocycles. The number of aliphatic hydroxyl groups is 1. The molecule has 0 amide bonds. The van der Waals surface area contributed by atoms with Gasteiger partial charge in [-0.05, 0) is 37.5 Å². The van der Waals surface area contributed by atoms with E-state index in [0.29, 0.717) is 23.1 Å². The Labute approximate surface area is 205 Å². The maximum atomic E-state index is 13.7. The first-order valence-corrected chi connectivity index (χ1v) is 13.9. The average Bonchev–Trinajstić information content (AvgIpc) is 2.83. The lowest BCUT2D eigenvalue weighted by atomic mass is 10.1. The molecule has 0 aliphatic heterocycles. The van der Waals surface area contributed by atoms with Crippen LogP contribution in [0.15, 0.2) is 32.3 Å². The number of rotatable bonds is 13. The van der Waals surface area contributed by atoms with Crippen molar-refractivity contribution in [2.75, 3.05) is 12.4 Å². The highest BCUT2D eigenvalue weighted by atomic mass is 32.2. The SMILES string of the molecule is CC.CCC(C)C.Cc1c(F)c(=O)oc2c(SCCCCCCCCCCCO)cccc12. The summed E-state index contributed by atoms with van der Waals surface area (Å²) >= 11 is 1.67. The number of hydrogen-bond donors (Lipinski definition) is 1. The van der Waals surface area contributed by atoms with Crippen LogP contribution in [0.2, 0.25) is 0 Å². The van der Waals surface area contributed by atoms with E-state index in [4.69, 9.17) is 9.52 Å². The van der Waals surface area contributed by atoms with Gasteiger partial charge in [0, 0.05) is 17.6 Å². The van der Waals surface area contributed by atoms with Gasteiger partial charge in [-0.2, -0.15) is 4.39 Å². The van der Waals surface area contributed by atoms with E-state index in [-0.39, 0.29) is 0 Å². The summed E-state index contributed by atoms with van der Waals surface area (Å²) in [6.07, 6.45) is 12.0. The van der Waals surface area contributed by atoms with Crippen LogP contribution in [-0.2, 0) is 0 Å². The topological polar surface area (TPSA) is 50.4 Å². The predicted molar refractivity (Wildman–Crippen MR) is 143 cm³/mol. The summed E-state index contributed by atoms with van der Waals surface area (Å²) in [5, 5.41) is 9.40. The number of para-hydroxylation sites is 1. The van der Waals surface area contributed by atoms with E-state index in [1.54, 1.807) is 24.8 Å². The van der Waals surface area contributed by atoms with Gasteiger partial charge in [0.05, 0.1) is 4.90 Å². The van der Waals surface area contributed by atoms with Crippen molar-refractivity contribution >= 4 is 22.7 Å². The molecule has 33 heavy (non-hydrogen) atoms. The van der Waals surface area contributed by atoms with Gasteiger partial charge in [-0.15, -0.1) is 11.8 Å². The molecule has 5 heteroatoms. The second kappa shape index (κ2) is 20.1. The molecule has 2 rings (SSSR count). The van der Waals surface area contributed by atoms with E-state index in [9.17, 15) is 9.18 Å². The van der Waals surface area contributed by atoms with E-state index >= 15 is 0 Å².